The van der Waals surface area contributed by atoms with Crippen molar-refractivity contribution in [3.8, 4) is 11.5 Å². The predicted molar refractivity (Wildman–Crippen MR) is 115 cm³/mol. The summed E-state index contributed by atoms with van der Waals surface area (Å²) in [7, 11) is 3.06. The van der Waals surface area contributed by atoms with E-state index in [1.807, 2.05) is 26.0 Å². The number of rotatable bonds is 6. The van der Waals surface area contributed by atoms with Crippen molar-refractivity contribution in [2.24, 2.45) is 0 Å². The largest absolute Gasteiger partial charge is 0.496 e. The van der Waals surface area contributed by atoms with Gasteiger partial charge >= 0.3 is 11.6 Å². The van der Waals surface area contributed by atoms with E-state index in [-0.39, 0.29) is 6.61 Å². The van der Waals surface area contributed by atoms with Crippen molar-refractivity contribution >= 4 is 16.9 Å². The van der Waals surface area contributed by atoms with Gasteiger partial charge in [0.2, 0.25) is 0 Å². The van der Waals surface area contributed by atoms with Crippen LogP contribution in [0, 0.1) is 13.8 Å². The fourth-order valence-corrected chi connectivity index (χ4v) is 3.56. The van der Waals surface area contributed by atoms with Gasteiger partial charge in [-0.2, -0.15) is 0 Å². The van der Waals surface area contributed by atoms with Gasteiger partial charge in [-0.3, -0.25) is 0 Å². The second kappa shape index (κ2) is 8.61. The summed E-state index contributed by atoms with van der Waals surface area (Å²) in [5.74, 6) is 0.835. The number of hydrogen-bond donors (Lipinski definition) is 0. The molecule has 0 fully saturated rings. The van der Waals surface area contributed by atoms with Crippen molar-refractivity contribution in [2.45, 2.75) is 40.2 Å². The maximum Gasteiger partial charge on any atom is 0.338 e. The van der Waals surface area contributed by atoms with Crippen LogP contribution in [0.25, 0.3) is 11.0 Å². The third-order valence-corrected chi connectivity index (χ3v) is 5.19. The Morgan fingerprint density at radius 3 is 2.20 bits per heavy atom. The van der Waals surface area contributed by atoms with E-state index in [1.54, 1.807) is 12.1 Å². The lowest BCUT2D eigenvalue weighted by Crippen LogP contribution is -2.09. The van der Waals surface area contributed by atoms with Crippen LogP contribution < -0.4 is 15.1 Å². The van der Waals surface area contributed by atoms with Crippen molar-refractivity contribution in [3.63, 3.8) is 0 Å². The highest BCUT2D eigenvalue weighted by Gasteiger charge is 2.17. The molecule has 6 nitrogen and oxygen atoms in total. The molecule has 0 spiro atoms. The average Bonchev–Trinajstić information content (AvgIpc) is 2.70. The number of fused-ring (bicyclic) bond motifs is 1. The fraction of sp³-hybridized carbons (Fsp3) is 0.333. The minimum Gasteiger partial charge on any atom is -0.496 e. The first kappa shape index (κ1) is 21.4. The number of carbonyl (C=O) groups is 1. The number of aryl methyl sites for hydroxylation is 1. The molecular formula is C24H26O6. The summed E-state index contributed by atoms with van der Waals surface area (Å²) in [6, 6.07) is 8.44. The van der Waals surface area contributed by atoms with Gasteiger partial charge in [-0.1, -0.05) is 13.8 Å². The molecule has 0 N–H and O–H groups in total. The molecule has 6 heteroatoms. The number of methoxy groups -OCH3 is 2. The van der Waals surface area contributed by atoms with Gasteiger partial charge in [-0.25, -0.2) is 9.59 Å². The molecule has 1 aromatic heterocycles. The van der Waals surface area contributed by atoms with Crippen LogP contribution in [0.3, 0.4) is 0 Å². The third-order valence-electron chi connectivity index (χ3n) is 5.19. The van der Waals surface area contributed by atoms with Crippen LogP contribution >= 0.6 is 0 Å². The lowest BCUT2D eigenvalue weighted by atomic mass is 9.95. The molecule has 1 heterocycles. The molecule has 0 unspecified atom stereocenters. The Kier molecular flexibility index (Phi) is 6.15. The highest BCUT2D eigenvalue weighted by Crippen LogP contribution is 2.30. The van der Waals surface area contributed by atoms with E-state index in [0.717, 1.165) is 22.1 Å². The molecular weight excluding hydrogens is 384 g/mol. The SMILES string of the molecule is COc1cc(C(=O)OCc2cc(=O)oc3cc(C)c(C(C)C)cc23)cc(OC)c1C. The first-order valence-corrected chi connectivity index (χ1v) is 9.72. The second-order valence-electron chi connectivity index (χ2n) is 7.53. The van der Waals surface area contributed by atoms with Gasteiger partial charge in [-0.15, -0.1) is 0 Å². The third kappa shape index (κ3) is 4.17. The van der Waals surface area contributed by atoms with Crippen LogP contribution in [0.5, 0.6) is 11.5 Å². The molecule has 0 aliphatic carbocycles. The summed E-state index contributed by atoms with van der Waals surface area (Å²) in [6.07, 6.45) is 0. The van der Waals surface area contributed by atoms with Crippen LogP contribution in [0.4, 0.5) is 0 Å². The molecule has 0 radical (unpaired) electrons. The van der Waals surface area contributed by atoms with Crippen LogP contribution in [-0.4, -0.2) is 20.2 Å². The highest BCUT2D eigenvalue weighted by atomic mass is 16.5. The monoisotopic (exact) mass is 410 g/mol. The van der Waals surface area contributed by atoms with E-state index < -0.39 is 11.6 Å². The molecule has 0 amide bonds. The fourth-order valence-electron chi connectivity index (χ4n) is 3.56. The van der Waals surface area contributed by atoms with Crippen molar-refractivity contribution in [2.75, 3.05) is 14.2 Å². The van der Waals surface area contributed by atoms with Gasteiger partial charge < -0.3 is 18.6 Å². The lowest BCUT2D eigenvalue weighted by molar-refractivity contribution is 0.0473. The molecule has 0 aliphatic heterocycles. The van der Waals surface area contributed by atoms with Crippen LogP contribution in [0.2, 0.25) is 0 Å². The number of carbonyl (C=O) groups excluding carboxylic acids is 1. The van der Waals surface area contributed by atoms with Crippen molar-refractivity contribution < 1.29 is 23.4 Å². The number of ether oxygens (including phenoxy) is 3. The minimum atomic E-state index is -0.538. The Morgan fingerprint density at radius 2 is 1.63 bits per heavy atom. The van der Waals surface area contributed by atoms with Crippen molar-refractivity contribution in [1.82, 2.24) is 0 Å². The van der Waals surface area contributed by atoms with Gasteiger partial charge in [0.05, 0.1) is 19.8 Å². The standard InChI is InChI=1S/C24H26O6/c1-13(2)18-11-19-17(10-23(25)30-22(19)7-14(18)3)12-29-24(26)16-8-20(27-5)15(4)21(9-16)28-6/h7-11,13H,12H2,1-6H3. The molecule has 0 saturated carbocycles. The normalized spacial score (nSPS) is 11.0. The van der Waals surface area contributed by atoms with E-state index >= 15 is 0 Å². The molecule has 0 saturated heterocycles. The lowest BCUT2D eigenvalue weighted by Gasteiger charge is -2.14. The van der Waals surface area contributed by atoms with E-state index in [2.05, 4.69) is 13.8 Å². The smallest absolute Gasteiger partial charge is 0.338 e. The zero-order valence-electron chi connectivity index (χ0n) is 18.1. The molecule has 30 heavy (non-hydrogen) atoms. The van der Waals surface area contributed by atoms with Crippen LogP contribution in [0.1, 0.15) is 52.4 Å². The van der Waals surface area contributed by atoms with E-state index in [0.29, 0.717) is 34.1 Å². The first-order chi connectivity index (χ1) is 14.2. The number of esters is 1. The Balaban J connectivity index is 1.94. The topological polar surface area (TPSA) is 75.0 Å². The van der Waals surface area contributed by atoms with Crippen molar-refractivity contribution in [1.29, 1.82) is 0 Å². The minimum absolute atomic E-state index is 0.0555. The maximum atomic E-state index is 12.7. The molecule has 0 bridgehead atoms. The van der Waals surface area contributed by atoms with Gasteiger partial charge in [0, 0.05) is 22.6 Å². The van der Waals surface area contributed by atoms with E-state index in [9.17, 15) is 9.59 Å². The van der Waals surface area contributed by atoms with E-state index in [4.69, 9.17) is 18.6 Å². The molecule has 0 atom stereocenters. The Hall–Kier alpha value is -3.28. The highest BCUT2D eigenvalue weighted by molar-refractivity contribution is 5.91. The summed E-state index contributed by atoms with van der Waals surface area (Å²) < 4.78 is 21.5. The van der Waals surface area contributed by atoms with Crippen molar-refractivity contribution in [3.05, 3.63) is 68.6 Å². The van der Waals surface area contributed by atoms with Crippen LogP contribution in [-0.2, 0) is 11.3 Å². The summed E-state index contributed by atoms with van der Waals surface area (Å²) in [4.78, 5) is 24.7. The number of benzene rings is 2. The molecule has 3 aromatic rings. The molecule has 0 aliphatic rings. The zero-order valence-corrected chi connectivity index (χ0v) is 18.1. The van der Waals surface area contributed by atoms with Gasteiger partial charge in [0.25, 0.3) is 0 Å². The van der Waals surface area contributed by atoms with E-state index in [1.165, 1.54) is 20.3 Å². The van der Waals surface area contributed by atoms with Gasteiger partial charge in [0.15, 0.2) is 0 Å². The molecule has 2 aromatic carbocycles. The maximum absolute atomic E-state index is 12.7. The summed E-state index contributed by atoms with van der Waals surface area (Å²) in [5, 5.41) is 0.760. The average molecular weight is 410 g/mol. The predicted octanol–water partition coefficient (Wildman–Crippen LogP) is 4.91. The summed E-state index contributed by atoms with van der Waals surface area (Å²) in [6.45, 7) is 7.98. The first-order valence-electron chi connectivity index (χ1n) is 9.72. The molecule has 158 valence electrons. The Labute approximate surface area is 175 Å². The Bertz CT molecular complexity index is 1130. The quantitative estimate of drug-likeness (QED) is 0.425. The van der Waals surface area contributed by atoms with Crippen LogP contribution in [0.15, 0.2) is 39.5 Å². The summed E-state index contributed by atoms with van der Waals surface area (Å²) in [5.41, 5.74) is 3.89. The molecule has 3 rings (SSSR count). The zero-order chi connectivity index (χ0) is 22.0. The second-order valence-corrected chi connectivity index (χ2v) is 7.53. The van der Waals surface area contributed by atoms with Gasteiger partial charge in [-0.05, 0) is 55.2 Å². The summed E-state index contributed by atoms with van der Waals surface area (Å²) >= 11 is 0. The Morgan fingerprint density at radius 1 is 1.00 bits per heavy atom. The number of hydrogen-bond acceptors (Lipinski definition) is 6. The van der Waals surface area contributed by atoms with Gasteiger partial charge in [0.1, 0.15) is 23.7 Å².